The van der Waals surface area contributed by atoms with Crippen molar-refractivity contribution in [3.8, 4) is 0 Å². The van der Waals surface area contributed by atoms with E-state index in [9.17, 15) is 0 Å². The molecule has 0 spiro atoms. The number of rotatable bonds is 3. The quantitative estimate of drug-likeness (QED) is 0.616. The van der Waals surface area contributed by atoms with Crippen LogP contribution in [0.15, 0.2) is 91.0 Å². The van der Waals surface area contributed by atoms with Crippen LogP contribution in [0.4, 0.5) is 17.1 Å². The van der Waals surface area contributed by atoms with Crippen molar-refractivity contribution in [2.75, 3.05) is 14.2 Å². The van der Waals surface area contributed by atoms with E-state index < -0.39 is 21.4 Å². The highest BCUT2D eigenvalue weighted by Gasteiger charge is 2.51. The van der Waals surface area contributed by atoms with Crippen LogP contribution in [0.1, 0.15) is 0 Å². The minimum Gasteiger partial charge on any atom is -0.396 e. The van der Waals surface area contributed by atoms with Crippen LogP contribution in [0.5, 0.6) is 0 Å². The van der Waals surface area contributed by atoms with Gasteiger partial charge < -0.3 is 31.1 Å². The number of hydrogen-bond acceptors (Lipinski definition) is 6. The summed E-state index contributed by atoms with van der Waals surface area (Å²) in [5.41, 5.74) is 22.8. The van der Waals surface area contributed by atoms with Gasteiger partial charge in [-0.2, -0.15) is 0 Å². The third-order valence-corrected chi connectivity index (χ3v) is 4.87. The zero-order valence-electron chi connectivity index (χ0n) is 15.0. The second-order valence-electron chi connectivity index (χ2n) is 6.47. The molecule has 27 heavy (non-hydrogen) atoms. The molecule has 1 fully saturated rings. The van der Waals surface area contributed by atoms with E-state index in [4.69, 9.17) is 16.9 Å². The number of nitrogens with zero attached hydrogens (tertiary/aromatic N) is 3. The third kappa shape index (κ3) is 3.17. The van der Waals surface area contributed by atoms with E-state index in [1.54, 1.807) is 0 Å². The lowest BCUT2D eigenvalue weighted by Gasteiger charge is -2.52. The van der Waals surface area contributed by atoms with E-state index in [1.807, 2.05) is 105 Å². The summed E-state index contributed by atoms with van der Waals surface area (Å²) in [6.07, 6.45) is 0. The first-order valence-corrected chi connectivity index (χ1v) is 8.95. The van der Waals surface area contributed by atoms with Gasteiger partial charge in [0.25, 0.3) is 0 Å². The largest absolute Gasteiger partial charge is 0.444 e. The van der Waals surface area contributed by atoms with Gasteiger partial charge in [0.1, 0.15) is 0 Å². The van der Waals surface area contributed by atoms with Gasteiger partial charge >= 0.3 is 21.4 Å². The lowest BCUT2D eigenvalue weighted by molar-refractivity contribution is 1.22. The minimum absolute atomic E-state index is 0.514. The monoisotopic (exact) mass is 354 g/mol. The first kappa shape index (κ1) is 17.5. The highest BCUT2D eigenvalue weighted by atomic mass is 15.4. The molecule has 3 aromatic rings. The van der Waals surface area contributed by atoms with E-state index in [0.717, 1.165) is 17.1 Å². The number of hydrogen-bond donors (Lipinski definition) is 3. The van der Waals surface area contributed by atoms with Crippen molar-refractivity contribution in [3.05, 3.63) is 91.0 Å². The van der Waals surface area contributed by atoms with Gasteiger partial charge in [0.05, 0.1) is 0 Å². The van der Waals surface area contributed by atoms with E-state index >= 15 is 0 Å². The molecule has 6 nitrogen and oxygen atoms in total. The summed E-state index contributed by atoms with van der Waals surface area (Å²) in [5.74, 6) is 0. The molecule has 0 aliphatic carbocycles. The Hall–Kier alpha value is -2.87. The van der Waals surface area contributed by atoms with Crippen molar-refractivity contribution in [1.29, 1.82) is 0 Å². The Bertz CT molecular complexity index is 740. The standard InChI is InChI=1S/C18H21B3N6/c22-19-25(16-10-4-1-5-11-16)20(23)27(18-14-8-3-9-15-18)21(24)26(19)17-12-6-2-7-13-17/h1-15H,22-24H2. The fourth-order valence-electron chi connectivity index (χ4n) is 3.59. The Labute approximate surface area is 161 Å². The van der Waals surface area contributed by atoms with Gasteiger partial charge in [-0.25, -0.2) is 0 Å². The highest BCUT2D eigenvalue weighted by molar-refractivity contribution is 7.02. The van der Waals surface area contributed by atoms with Crippen molar-refractivity contribution < 1.29 is 0 Å². The van der Waals surface area contributed by atoms with Crippen molar-refractivity contribution in [1.82, 2.24) is 0 Å². The summed E-state index contributed by atoms with van der Waals surface area (Å²) in [6.45, 7) is 0. The van der Waals surface area contributed by atoms with Crippen LogP contribution in [-0.4, -0.2) is 21.4 Å². The van der Waals surface area contributed by atoms with Crippen LogP contribution in [0.25, 0.3) is 0 Å². The van der Waals surface area contributed by atoms with Gasteiger partial charge in [0.15, 0.2) is 0 Å². The van der Waals surface area contributed by atoms with E-state index in [2.05, 4.69) is 0 Å². The number of nitrogens with two attached hydrogens (primary N) is 3. The average Bonchev–Trinajstić information content (AvgIpc) is 2.70. The number of benzene rings is 3. The molecular formula is C18H21B3N6. The second-order valence-corrected chi connectivity index (χ2v) is 6.47. The molecule has 0 bridgehead atoms. The smallest absolute Gasteiger partial charge is 0.396 e. The Morgan fingerprint density at radius 3 is 0.852 bits per heavy atom. The highest BCUT2D eigenvalue weighted by Crippen LogP contribution is 2.28. The molecule has 1 aliphatic heterocycles. The molecule has 132 valence electrons. The van der Waals surface area contributed by atoms with E-state index in [0.29, 0.717) is 0 Å². The molecule has 0 aromatic heterocycles. The number of para-hydroxylation sites is 3. The predicted octanol–water partition coefficient (Wildman–Crippen LogP) is 1.35. The summed E-state index contributed by atoms with van der Waals surface area (Å²) in [4.78, 5) is 0. The maximum absolute atomic E-state index is 6.67. The van der Waals surface area contributed by atoms with Gasteiger partial charge in [-0.15, -0.1) is 0 Å². The van der Waals surface area contributed by atoms with Gasteiger partial charge in [0, 0.05) is 17.1 Å². The predicted molar refractivity (Wildman–Crippen MR) is 117 cm³/mol. The first-order chi connectivity index (χ1) is 13.2. The van der Waals surface area contributed by atoms with Crippen LogP contribution < -0.4 is 31.1 Å². The van der Waals surface area contributed by atoms with Gasteiger partial charge in [-0.05, 0) is 36.4 Å². The fraction of sp³-hybridized carbons (Fsp3) is 0. The summed E-state index contributed by atoms with van der Waals surface area (Å²) in [7, 11) is -1.54. The van der Waals surface area contributed by atoms with Crippen LogP contribution in [0, 0.1) is 0 Å². The molecule has 1 heterocycles. The molecule has 0 unspecified atom stereocenters. The molecule has 0 radical (unpaired) electrons. The zero-order valence-corrected chi connectivity index (χ0v) is 15.0. The van der Waals surface area contributed by atoms with Gasteiger partial charge in [0.2, 0.25) is 0 Å². The summed E-state index contributed by atoms with van der Waals surface area (Å²) >= 11 is 0. The van der Waals surface area contributed by atoms with Crippen molar-refractivity contribution in [3.63, 3.8) is 0 Å². The topological polar surface area (TPSA) is 87.8 Å². The molecule has 1 saturated heterocycles. The fourth-order valence-corrected chi connectivity index (χ4v) is 3.59. The van der Waals surface area contributed by atoms with Crippen LogP contribution >= 0.6 is 0 Å². The molecule has 6 N–H and O–H groups in total. The SMILES string of the molecule is NB1N(c2ccccc2)B(N)N(c2ccccc2)B(N)N1c1ccccc1. The van der Waals surface area contributed by atoms with Gasteiger partial charge in [-0.3, -0.25) is 0 Å². The summed E-state index contributed by atoms with van der Waals surface area (Å²) < 4.78 is 5.93. The Kier molecular flexibility index (Phi) is 4.81. The Morgan fingerprint density at radius 1 is 0.407 bits per heavy atom. The van der Waals surface area contributed by atoms with Crippen molar-refractivity contribution in [2.24, 2.45) is 16.9 Å². The average molecular weight is 354 g/mol. The van der Waals surface area contributed by atoms with Crippen LogP contribution in [0.2, 0.25) is 0 Å². The Morgan fingerprint density at radius 2 is 0.630 bits per heavy atom. The first-order valence-electron chi connectivity index (χ1n) is 8.95. The lowest BCUT2D eigenvalue weighted by Crippen LogP contribution is -2.86. The maximum Gasteiger partial charge on any atom is 0.444 e. The second kappa shape index (κ2) is 7.40. The van der Waals surface area contributed by atoms with Crippen LogP contribution in [-0.2, 0) is 0 Å². The summed E-state index contributed by atoms with van der Waals surface area (Å²) in [5, 5.41) is 0. The number of anilines is 3. The molecule has 1 aliphatic rings. The normalized spacial score (nSPS) is 14.8. The van der Waals surface area contributed by atoms with E-state index in [-0.39, 0.29) is 0 Å². The summed E-state index contributed by atoms with van der Waals surface area (Å²) in [6, 6.07) is 29.8. The molecule has 4 rings (SSSR count). The molecule has 3 aromatic carbocycles. The molecule has 0 amide bonds. The lowest BCUT2D eigenvalue weighted by atomic mass is 9.56. The van der Waals surface area contributed by atoms with Gasteiger partial charge in [-0.1, -0.05) is 54.6 Å². The Balaban J connectivity index is 1.83. The molecule has 0 saturated carbocycles. The van der Waals surface area contributed by atoms with Crippen molar-refractivity contribution >= 4 is 38.4 Å². The van der Waals surface area contributed by atoms with Crippen molar-refractivity contribution in [2.45, 2.75) is 0 Å². The minimum atomic E-state index is -0.514. The maximum atomic E-state index is 6.67. The zero-order chi connectivity index (χ0) is 18.8. The van der Waals surface area contributed by atoms with E-state index in [1.165, 1.54) is 0 Å². The molecule has 9 heteroatoms. The third-order valence-electron chi connectivity index (χ3n) is 4.87. The molecule has 0 atom stereocenters. The van der Waals surface area contributed by atoms with Crippen LogP contribution in [0.3, 0.4) is 0 Å². The molecular weight excluding hydrogens is 333 g/mol.